The summed E-state index contributed by atoms with van der Waals surface area (Å²) >= 11 is 12.0. The standard InChI is InChI=1S/C18H20Cl2N2O2/c1-13(18(23)24-2)10-22(11-14-6-4-3-5-7-14)12-15-8-16(19)21-17(20)9-15/h3-9,13H,10-12H2,1-2H3. The largest absolute Gasteiger partial charge is 0.469 e. The molecular formula is C18H20Cl2N2O2. The molecule has 1 heterocycles. The second-order valence-corrected chi connectivity index (χ2v) is 6.47. The molecule has 1 aromatic carbocycles. The average Bonchev–Trinajstić information content (AvgIpc) is 2.53. The van der Waals surface area contributed by atoms with Crippen LogP contribution in [0.2, 0.25) is 10.3 Å². The first-order valence-electron chi connectivity index (χ1n) is 7.64. The molecule has 0 aliphatic heterocycles. The molecule has 2 aromatic rings. The number of pyridine rings is 1. The molecule has 0 radical (unpaired) electrons. The minimum atomic E-state index is -0.230. The van der Waals surface area contributed by atoms with Gasteiger partial charge in [-0.3, -0.25) is 9.69 Å². The molecule has 0 saturated carbocycles. The van der Waals surface area contributed by atoms with Crippen molar-refractivity contribution in [3.8, 4) is 0 Å². The molecule has 0 saturated heterocycles. The van der Waals surface area contributed by atoms with Crippen LogP contribution in [0.15, 0.2) is 42.5 Å². The summed E-state index contributed by atoms with van der Waals surface area (Å²) in [5.74, 6) is -0.453. The van der Waals surface area contributed by atoms with Crippen molar-refractivity contribution in [3.63, 3.8) is 0 Å². The summed E-state index contributed by atoms with van der Waals surface area (Å²) in [7, 11) is 1.41. The number of hydrogen-bond donors (Lipinski definition) is 0. The molecule has 0 bridgehead atoms. The first kappa shape index (κ1) is 18.7. The van der Waals surface area contributed by atoms with E-state index in [1.165, 1.54) is 12.7 Å². The first-order valence-corrected chi connectivity index (χ1v) is 8.39. The van der Waals surface area contributed by atoms with Crippen molar-refractivity contribution in [3.05, 3.63) is 63.9 Å². The van der Waals surface area contributed by atoms with Gasteiger partial charge in [-0.15, -0.1) is 0 Å². The quantitative estimate of drug-likeness (QED) is 0.543. The Balaban J connectivity index is 2.16. The fraction of sp³-hybridized carbons (Fsp3) is 0.333. The lowest BCUT2D eigenvalue weighted by Crippen LogP contribution is -2.31. The number of esters is 1. The Kier molecular flexibility index (Phi) is 7.03. The number of ether oxygens (including phenoxy) is 1. The molecule has 128 valence electrons. The highest BCUT2D eigenvalue weighted by Gasteiger charge is 2.18. The van der Waals surface area contributed by atoms with Gasteiger partial charge in [0, 0.05) is 19.6 Å². The Hall–Kier alpha value is -1.62. The molecule has 4 nitrogen and oxygen atoms in total. The summed E-state index contributed by atoms with van der Waals surface area (Å²) in [6.07, 6.45) is 0. The van der Waals surface area contributed by atoms with Gasteiger partial charge in [-0.05, 0) is 23.3 Å². The molecule has 0 aliphatic carbocycles. The maximum Gasteiger partial charge on any atom is 0.309 e. The first-order chi connectivity index (χ1) is 11.5. The monoisotopic (exact) mass is 366 g/mol. The molecule has 1 unspecified atom stereocenters. The number of halogens is 2. The van der Waals surface area contributed by atoms with Gasteiger partial charge >= 0.3 is 5.97 Å². The number of carbonyl (C=O) groups is 1. The maximum absolute atomic E-state index is 11.8. The van der Waals surface area contributed by atoms with Crippen LogP contribution in [-0.2, 0) is 22.6 Å². The van der Waals surface area contributed by atoms with E-state index in [-0.39, 0.29) is 11.9 Å². The fourth-order valence-corrected chi connectivity index (χ4v) is 3.06. The van der Waals surface area contributed by atoms with Crippen LogP contribution >= 0.6 is 23.2 Å². The van der Waals surface area contributed by atoms with Crippen LogP contribution in [0.4, 0.5) is 0 Å². The number of hydrogen-bond acceptors (Lipinski definition) is 4. The zero-order valence-corrected chi connectivity index (χ0v) is 15.2. The molecule has 0 fully saturated rings. The average molecular weight is 367 g/mol. The third-order valence-corrected chi connectivity index (χ3v) is 4.00. The van der Waals surface area contributed by atoms with Crippen molar-refractivity contribution >= 4 is 29.2 Å². The van der Waals surface area contributed by atoms with Crippen LogP contribution < -0.4 is 0 Å². The molecule has 2 rings (SSSR count). The third kappa shape index (κ3) is 5.78. The minimum absolute atomic E-state index is 0.223. The van der Waals surface area contributed by atoms with Gasteiger partial charge < -0.3 is 4.74 Å². The maximum atomic E-state index is 11.8. The second-order valence-electron chi connectivity index (χ2n) is 5.70. The van der Waals surface area contributed by atoms with E-state index in [2.05, 4.69) is 22.0 Å². The molecule has 0 N–H and O–H groups in total. The number of methoxy groups -OCH3 is 1. The van der Waals surface area contributed by atoms with Crippen LogP contribution in [0.3, 0.4) is 0 Å². The van der Waals surface area contributed by atoms with Crippen LogP contribution in [0.1, 0.15) is 18.1 Å². The number of carbonyl (C=O) groups excluding carboxylic acids is 1. The number of nitrogens with zero attached hydrogens (tertiary/aromatic N) is 2. The van der Waals surface area contributed by atoms with E-state index in [1.807, 2.05) is 25.1 Å². The third-order valence-electron chi connectivity index (χ3n) is 3.61. The van der Waals surface area contributed by atoms with Crippen LogP contribution in [0.5, 0.6) is 0 Å². The second kappa shape index (κ2) is 9.02. The molecule has 1 aromatic heterocycles. The topological polar surface area (TPSA) is 42.4 Å². The predicted octanol–water partition coefficient (Wildman–Crippen LogP) is 4.20. The van der Waals surface area contributed by atoms with Crippen molar-refractivity contribution < 1.29 is 9.53 Å². The molecule has 24 heavy (non-hydrogen) atoms. The molecule has 0 amide bonds. The summed E-state index contributed by atoms with van der Waals surface area (Å²) in [5.41, 5.74) is 2.12. The van der Waals surface area contributed by atoms with Gasteiger partial charge in [0.05, 0.1) is 13.0 Å². The van der Waals surface area contributed by atoms with Crippen molar-refractivity contribution in [2.45, 2.75) is 20.0 Å². The highest BCUT2D eigenvalue weighted by Crippen LogP contribution is 2.18. The number of benzene rings is 1. The lowest BCUT2D eigenvalue weighted by atomic mass is 10.1. The van der Waals surface area contributed by atoms with E-state index in [9.17, 15) is 4.79 Å². The number of aromatic nitrogens is 1. The minimum Gasteiger partial charge on any atom is -0.469 e. The highest BCUT2D eigenvalue weighted by molar-refractivity contribution is 6.32. The smallest absolute Gasteiger partial charge is 0.309 e. The van der Waals surface area contributed by atoms with E-state index < -0.39 is 0 Å². The van der Waals surface area contributed by atoms with E-state index in [0.717, 1.165) is 5.56 Å². The van der Waals surface area contributed by atoms with Gasteiger partial charge in [-0.2, -0.15) is 0 Å². The molecule has 1 atom stereocenters. The van der Waals surface area contributed by atoms with Gasteiger partial charge in [-0.1, -0.05) is 60.5 Å². The predicted molar refractivity (Wildman–Crippen MR) is 96.0 cm³/mol. The van der Waals surface area contributed by atoms with Gasteiger partial charge in [0.2, 0.25) is 0 Å². The normalized spacial score (nSPS) is 12.2. The van der Waals surface area contributed by atoms with Crippen LogP contribution in [0.25, 0.3) is 0 Å². The molecular weight excluding hydrogens is 347 g/mol. The Labute approximate surface area is 152 Å². The van der Waals surface area contributed by atoms with E-state index in [0.29, 0.717) is 29.9 Å². The van der Waals surface area contributed by atoms with Gasteiger partial charge in [-0.25, -0.2) is 4.98 Å². The SMILES string of the molecule is COC(=O)C(C)CN(Cc1ccccc1)Cc1cc(Cl)nc(Cl)c1. The number of rotatable bonds is 7. The lowest BCUT2D eigenvalue weighted by Gasteiger charge is -2.25. The van der Waals surface area contributed by atoms with Crippen LogP contribution in [-0.4, -0.2) is 29.5 Å². The Bertz CT molecular complexity index is 660. The van der Waals surface area contributed by atoms with Crippen LogP contribution in [0, 0.1) is 5.92 Å². The highest BCUT2D eigenvalue weighted by atomic mass is 35.5. The summed E-state index contributed by atoms with van der Waals surface area (Å²) in [6, 6.07) is 13.7. The lowest BCUT2D eigenvalue weighted by molar-refractivity contribution is -0.145. The van der Waals surface area contributed by atoms with E-state index in [4.69, 9.17) is 27.9 Å². The van der Waals surface area contributed by atoms with Gasteiger partial charge in [0.25, 0.3) is 0 Å². The van der Waals surface area contributed by atoms with Crippen molar-refractivity contribution in [2.75, 3.05) is 13.7 Å². The fourth-order valence-electron chi connectivity index (χ4n) is 2.55. The Morgan fingerprint density at radius 3 is 2.29 bits per heavy atom. The van der Waals surface area contributed by atoms with Crippen molar-refractivity contribution in [1.29, 1.82) is 0 Å². The summed E-state index contributed by atoms with van der Waals surface area (Å²) < 4.78 is 4.83. The zero-order valence-electron chi connectivity index (χ0n) is 13.7. The van der Waals surface area contributed by atoms with E-state index in [1.54, 1.807) is 12.1 Å². The van der Waals surface area contributed by atoms with Crippen molar-refractivity contribution in [2.24, 2.45) is 5.92 Å². The Morgan fingerprint density at radius 1 is 1.12 bits per heavy atom. The van der Waals surface area contributed by atoms with Gasteiger partial charge in [0.1, 0.15) is 10.3 Å². The molecule has 0 spiro atoms. The summed E-state index contributed by atoms with van der Waals surface area (Å²) in [5, 5.41) is 0.719. The zero-order chi connectivity index (χ0) is 17.5. The summed E-state index contributed by atoms with van der Waals surface area (Å²) in [4.78, 5) is 17.9. The molecule has 6 heteroatoms. The Morgan fingerprint density at radius 2 is 1.71 bits per heavy atom. The van der Waals surface area contributed by atoms with Gasteiger partial charge in [0.15, 0.2) is 0 Å². The summed E-state index contributed by atoms with van der Waals surface area (Å²) in [6.45, 7) is 3.74. The van der Waals surface area contributed by atoms with Crippen molar-refractivity contribution in [1.82, 2.24) is 9.88 Å². The van der Waals surface area contributed by atoms with E-state index >= 15 is 0 Å². The molecule has 0 aliphatic rings.